The van der Waals surface area contributed by atoms with Gasteiger partial charge >= 0.3 is 5.63 Å². The van der Waals surface area contributed by atoms with Gasteiger partial charge in [0.2, 0.25) is 5.91 Å². The molecule has 0 aliphatic rings. The number of nitrogens with zero attached hydrogens (tertiary/aromatic N) is 3. The number of carbonyl (C=O) groups is 1. The van der Waals surface area contributed by atoms with Gasteiger partial charge in [0.25, 0.3) is 8.53 Å². The fourth-order valence-electron chi connectivity index (χ4n) is 8.27. The number of nitrogens with one attached hydrogen (secondary N) is 1. The molecule has 332 valence electrons. The van der Waals surface area contributed by atoms with Gasteiger partial charge in [0.15, 0.2) is 0 Å². The van der Waals surface area contributed by atoms with Crippen molar-refractivity contribution in [2.75, 3.05) is 27.4 Å². The lowest BCUT2D eigenvalue weighted by Crippen LogP contribution is -2.49. The van der Waals surface area contributed by atoms with Crippen LogP contribution in [0.25, 0.3) is 32.8 Å². The number of hydrogen-bond acceptors (Lipinski definition) is 10. The number of amides is 1. The summed E-state index contributed by atoms with van der Waals surface area (Å²) in [5, 5.41) is 15.4. The van der Waals surface area contributed by atoms with E-state index < -0.39 is 31.9 Å². The van der Waals surface area contributed by atoms with Gasteiger partial charge in [-0.05, 0) is 93.8 Å². The third-order valence-corrected chi connectivity index (χ3v) is 13.5. The van der Waals surface area contributed by atoms with Crippen LogP contribution >= 0.6 is 8.53 Å². The molecule has 0 spiro atoms. The number of carbonyl (C=O) groups excluding carboxylic acids is 1. The Balaban J connectivity index is 1.32. The van der Waals surface area contributed by atoms with Gasteiger partial charge in [-0.15, -0.1) is 0 Å². The summed E-state index contributed by atoms with van der Waals surface area (Å²) >= 11 is 0. The second-order valence-corrected chi connectivity index (χ2v) is 17.5. The molecular weight excluding hydrogens is 828 g/mol. The largest absolute Gasteiger partial charge is 0.497 e. The van der Waals surface area contributed by atoms with Gasteiger partial charge < -0.3 is 37.6 Å². The molecule has 2 heterocycles. The minimum Gasteiger partial charge on any atom is -0.497 e. The predicted octanol–water partition coefficient (Wildman–Crippen LogP) is 10.1. The standard InChI is InChI=1S/C51H55N4O8P/c1-34(2)55(35(3)4)64(61-29-13-28-52)63-36(5)45(53-49(56)32-54-46-17-12-11-16-43(46)44-30-37-18-27-50(57)62-48(37)31-47(44)54)33-60-51(38-14-9-8-10-15-38,39-19-23-41(58-6)24-20-39)40-21-25-42(59-7)26-22-40/h8-12,14-27,30-31,34-36,45H,13,29,32-33H2,1-7H3,(H,53,56)/t36-,45-,64?/m1/s1. The summed E-state index contributed by atoms with van der Waals surface area (Å²) < 4.78 is 41.5. The monoisotopic (exact) mass is 882 g/mol. The molecular formula is C51H55N4O8P. The average molecular weight is 883 g/mol. The van der Waals surface area contributed by atoms with E-state index in [1.54, 1.807) is 20.3 Å². The lowest BCUT2D eigenvalue weighted by Gasteiger charge is -2.40. The number of benzene rings is 5. The lowest BCUT2D eigenvalue weighted by atomic mass is 9.80. The van der Waals surface area contributed by atoms with Crippen molar-refractivity contribution in [3.8, 4) is 17.6 Å². The normalized spacial score (nSPS) is 13.4. The molecule has 1 unspecified atom stereocenters. The van der Waals surface area contributed by atoms with E-state index in [1.807, 2.05) is 127 Å². The zero-order chi connectivity index (χ0) is 45.4. The van der Waals surface area contributed by atoms with Crippen molar-refractivity contribution in [2.24, 2.45) is 0 Å². The van der Waals surface area contributed by atoms with Crippen LogP contribution in [0.2, 0.25) is 0 Å². The van der Waals surface area contributed by atoms with Crippen molar-refractivity contribution < 1.29 is 32.5 Å². The second-order valence-electron chi connectivity index (χ2n) is 16.1. The summed E-state index contributed by atoms with van der Waals surface area (Å²) in [6, 6.07) is 42.0. The number of rotatable bonds is 20. The molecule has 0 saturated carbocycles. The molecule has 0 bridgehead atoms. The van der Waals surface area contributed by atoms with E-state index in [1.165, 1.54) is 6.07 Å². The minimum atomic E-state index is -1.69. The molecule has 7 aromatic rings. The highest BCUT2D eigenvalue weighted by molar-refractivity contribution is 7.44. The van der Waals surface area contributed by atoms with Crippen molar-refractivity contribution in [2.45, 2.75) is 77.4 Å². The molecule has 3 atom stereocenters. The summed E-state index contributed by atoms with van der Waals surface area (Å²) in [4.78, 5) is 27.0. The summed E-state index contributed by atoms with van der Waals surface area (Å²) in [5.41, 5.74) is 2.92. The zero-order valence-corrected chi connectivity index (χ0v) is 38.2. The van der Waals surface area contributed by atoms with Crippen molar-refractivity contribution in [3.63, 3.8) is 0 Å². The summed E-state index contributed by atoms with van der Waals surface area (Å²) in [5.74, 6) is 1.09. The smallest absolute Gasteiger partial charge is 0.336 e. The first-order chi connectivity index (χ1) is 31.0. The number of methoxy groups -OCH3 is 2. The van der Waals surface area contributed by atoms with Gasteiger partial charge in [0, 0.05) is 45.9 Å². The van der Waals surface area contributed by atoms with Gasteiger partial charge in [0.1, 0.15) is 29.2 Å². The van der Waals surface area contributed by atoms with E-state index in [0.717, 1.165) is 43.9 Å². The Morgan fingerprint density at radius 2 is 1.39 bits per heavy atom. The third kappa shape index (κ3) is 9.85. The van der Waals surface area contributed by atoms with E-state index in [2.05, 4.69) is 43.8 Å². The van der Waals surface area contributed by atoms with Gasteiger partial charge in [-0.25, -0.2) is 9.46 Å². The van der Waals surface area contributed by atoms with Crippen LogP contribution in [0.5, 0.6) is 11.5 Å². The van der Waals surface area contributed by atoms with Gasteiger partial charge in [0.05, 0.1) is 57.6 Å². The lowest BCUT2D eigenvalue weighted by molar-refractivity contribution is -0.124. The van der Waals surface area contributed by atoms with Crippen molar-refractivity contribution in [1.82, 2.24) is 14.6 Å². The molecule has 0 fully saturated rings. The number of fused-ring (bicyclic) bond motifs is 4. The van der Waals surface area contributed by atoms with Crippen LogP contribution in [-0.2, 0) is 30.7 Å². The van der Waals surface area contributed by atoms with Crippen molar-refractivity contribution >= 4 is 47.2 Å². The van der Waals surface area contributed by atoms with E-state index >= 15 is 0 Å². The fourth-order valence-corrected chi connectivity index (χ4v) is 10.0. The topological polar surface area (TPSA) is 137 Å². The van der Waals surface area contributed by atoms with Gasteiger partial charge in [-0.2, -0.15) is 5.26 Å². The first-order valence-electron chi connectivity index (χ1n) is 21.4. The van der Waals surface area contributed by atoms with E-state index in [-0.39, 0.29) is 44.2 Å². The van der Waals surface area contributed by atoms with E-state index in [9.17, 15) is 14.9 Å². The Kier molecular flexibility index (Phi) is 14.8. The van der Waals surface area contributed by atoms with Crippen molar-refractivity contribution in [1.29, 1.82) is 5.26 Å². The number of hydrogen-bond donors (Lipinski definition) is 1. The highest BCUT2D eigenvalue weighted by atomic mass is 31.2. The molecule has 7 rings (SSSR count). The summed E-state index contributed by atoms with van der Waals surface area (Å²) in [6.07, 6.45) is -0.460. The quantitative estimate of drug-likeness (QED) is 0.0341. The molecule has 0 saturated heterocycles. The Labute approximate surface area is 375 Å². The highest BCUT2D eigenvalue weighted by Gasteiger charge is 2.40. The fraction of sp³-hybridized carbons (Fsp3) is 0.314. The van der Waals surface area contributed by atoms with Crippen LogP contribution in [0.15, 0.2) is 137 Å². The molecule has 64 heavy (non-hydrogen) atoms. The predicted molar refractivity (Wildman–Crippen MR) is 251 cm³/mol. The molecule has 5 aromatic carbocycles. The Morgan fingerprint density at radius 3 is 2.00 bits per heavy atom. The Morgan fingerprint density at radius 1 is 0.781 bits per heavy atom. The van der Waals surface area contributed by atoms with Crippen molar-refractivity contribution in [3.05, 3.63) is 155 Å². The van der Waals surface area contributed by atoms with Crippen LogP contribution in [0.3, 0.4) is 0 Å². The van der Waals surface area contributed by atoms with Crippen LogP contribution in [0.1, 0.15) is 57.7 Å². The molecule has 1 N–H and O–H groups in total. The molecule has 0 aliphatic heterocycles. The maximum absolute atomic E-state index is 14.7. The van der Waals surface area contributed by atoms with Gasteiger partial charge in [-0.1, -0.05) is 72.8 Å². The maximum Gasteiger partial charge on any atom is 0.336 e. The summed E-state index contributed by atoms with van der Waals surface area (Å²) in [6.45, 7) is 10.4. The molecule has 1 amide bonds. The van der Waals surface area contributed by atoms with Crippen LogP contribution in [-0.4, -0.2) is 66.8 Å². The first-order valence-corrected chi connectivity index (χ1v) is 22.6. The van der Waals surface area contributed by atoms with Gasteiger partial charge in [-0.3, -0.25) is 4.79 Å². The average Bonchev–Trinajstić information content (AvgIpc) is 3.59. The number of para-hydroxylation sites is 1. The molecule has 13 heteroatoms. The third-order valence-electron chi connectivity index (χ3n) is 11.3. The minimum absolute atomic E-state index is 0.00640. The molecule has 0 radical (unpaired) electrons. The Hall–Kier alpha value is -6.06. The second kappa shape index (κ2) is 20.6. The zero-order valence-electron chi connectivity index (χ0n) is 37.3. The Bertz CT molecular complexity index is 2710. The van der Waals surface area contributed by atoms with E-state index in [4.69, 9.17) is 27.7 Å². The van der Waals surface area contributed by atoms with Crippen LogP contribution < -0.4 is 20.4 Å². The maximum atomic E-state index is 14.7. The number of aromatic nitrogens is 1. The highest BCUT2D eigenvalue weighted by Crippen LogP contribution is 2.48. The number of ether oxygens (including phenoxy) is 3. The SMILES string of the molecule is COc1ccc(C(OC[C@@H](NC(=O)Cn2c3ccccc3c3cc4ccc(=O)oc4cc32)[C@@H](C)OP(OCCC#N)N(C(C)C)C(C)C)(c2ccccc2)c2ccc(OC)cc2)cc1. The van der Waals surface area contributed by atoms with Crippen LogP contribution in [0, 0.1) is 11.3 Å². The van der Waals surface area contributed by atoms with Crippen LogP contribution in [0.4, 0.5) is 0 Å². The molecule has 0 aliphatic carbocycles. The molecule has 12 nitrogen and oxygen atoms in total. The first kappa shape index (κ1) is 45.9. The van der Waals surface area contributed by atoms with E-state index in [0.29, 0.717) is 17.1 Å². The summed E-state index contributed by atoms with van der Waals surface area (Å²) in [7, 11) is 1.57. The molecule has 2 aromatic heterocycles. The number of nitriles is 1.